The van der Waals surface area contributed by atoms with Gasteiger partial charge >= 0.3 is 0 Å². The van der Waals surface area contributed by atoms with E-state index >= 15 is 0 Å². The fourth-order valence-electron chi connectivity index (χ4n) is 1.75. The standard InChI is InChI=1S/C11H14N2O3/c14-8-1-2-10(15)9(5-8)11(16)13-7-3-4-12-6-7/h1-2,5,7,12,14-15H,3-4,6H2,(H,13,16). The van der Waals surface area contributed by atoms with E-state index in [1.165, 1.54) is 18.2 Å². The van der Waals surface area contributed by atoms with Gasteiger partial charge in [0.15, 0.2) is 0 Å². The number of hydrogen-bond acceptors (Lipinski definition) is 4. The van der Waals surface area contributed by atoms with Gasteiger partial charge in [-0.15, -0.1) is 0 Å². The first kappa shape index (κ1) is 10.8. The lowest BCUT2D eigenvalue weighted by Crippen LogP contribution is -2.36. The molecule has 1 fully saturated rings. The molecule has 1 unspecified atom stereocenters. The van der Waals surface area contributed by atoms with Crippen LogP contribution in [0.3, 0.4) is 0 Å². The molecule has 1 saturated heterocycles. The molecule has 0 spiro atoms. The van der Waals surface area contributed by atoms with Crippen molar-refractivity contribution in [3.8, 4) is 11.5 Å². The van der Waals surface area contributed by atoms with Gasteiger partial charge in [-0.05, 0) is 31.2 Å². The maximum absolute atomic E-state index is 11.8. The van der Waals surface area contributed by atoms with Gasteiger partial charge in [0.2, 0.25) is 0 Å². The summed E-state index contributed by atoms with van der Waals surface area (Å²) in [6, 6.07) is 3.99. The first-order valence-electron chi connectivity index (χ1n) is 5.20. The zero-order valence-electron chi connectivity index (χ0n) is 8.73. The van der Waals surface area contributed by atoms with Crippen LogP contribution in [0, 0.1) is 0 Å². The molecule has 1 amide bonds. The van der Waals surface area contributed by atoms with Crippen molar-refractivity contribution in [2.45, 2.75) is 12.5 Å². The summed E-state index contributed by atoms with van der Waals surface area (Å²) in [6.07, 6.45) is 0.880. The third kappa shape index (κ3) is 2.25. The van der Waals surface area contributed by atoms with E-state index < -0.39 is 0 Å². The van der Waals surface area contributed by atoms with E-state index in [-0.39, 0.29) is 29.0 Å². The van der Waals surface area contributed by atoms with Crippen LogP contribution in [-0.2, 0) is 0 Å². The van der Waals surface area contributed by atoms with Gasteiger partial charge in [-0.1, -0.05) is 0 Å². The van der Waals surface area contributed by atoms with E-state index in [1.807, 2.05) is 0 Å². The molecule has 0 saturated carbocycles. The number of rotatable bonds is 2. The van der Waals surface area contributed by atoms with Crippen LogP contribution in [0.4, 0.5) is 0 Å². The Balaban J connectivity index is 2.10. The molecule has 0 radical (unpaired) electrons. The van der Waals surface area contributed by atoms with Crippen molar-refractivity contribution >= 4 is 5.91 Å². The monoisotopic (exact) mass is 222 g/mol. The molecular weight excluding hydrogens is 208 g/mol. The van der Waals surface area contributed by atoms with Gasteiger partial charge in [0.1, 0.15) is 11.5 Å². The smallest absolute Gasteiger partial charge is 0.255 e. The lowest BCUT2D eigenvalue weighted by atomic mass is 10.1. The molecule has 16 heavy (non-hydrogen) atoms. The van der Waals surface area contributed by atoms with Crippen LogP contribution in [0.2, 0.25) is 0 Å². The van der Waals surface area contributed by atoms with Crippen LogP contribution >= 0.6 is 0 Å². The topological polar surface area (TPSA) is 81.6 Å². The van der Waals surface area contributed by atoms with Gasteiger partial charge in [-0.25, -0.2) is 0 Å². The average molecular weight is 222 g/mol. The summed E-state index contributed by atoms with van der Waals surface area (Å²) in [5, 5.41) is 24.7. The molecule has 1 aromatic carbocycles. The molecule has 2 rings (SSSR count). The molecule has 0 aliphatic carbocycles. The second kappa shape index (κ2) is 4.40. The molecule has 1 heterocycles. The quantitative estimate of drug-likeness (QED) is 0.538. The van der Waals surface area contributed by atoms with Crippen LogP contribution in [0.15, 0.2) is 18.2 Å². The Hall–Kier alpha value is -1.75. The van der Waals surface area contributed by atoms with Crippen LogP contribution < -0.4 is 10.6 Å². The number of carbonyl (C=O) groups excluding carboxylic acids is 1. The summed E-state index contributed by atoms with van der Waals surface area (Å²) >= 11 is 0. The number of phenols is 2. The lowest BCUT2D eigenvalue weighted by Gasteiger charge is -2.12. The summed E-state index contributed by atoms with van der Waals surface area (Å²) in [5.41, 5.74) is 0.104. The largest absolute Gasteiger partial charge is 0.508 e. The minimum atomic E-state index is -0.359. The second-order valence-electron chi connectivity index (χ2n) is 3.86. The number of hydrogen-bond donors (Lipinski definition) is 4. The Morgan fingerprint density at radius 1 is 1.44 bits per heavy atom. The molecule has 1 aromatic rings. The average Bonchev–Trinajstić information content (AvgIpc) is 2.74. The molecule has 86 valence electrons. The van der Waals surface area contributed by atoms with Crippen molar-refractivity contribution in [3.63, 3.8) is 0 Å². The summed E-state index contributed by atoms with van der Waals surface area (Å²) in [7, 11) is 0. The van der Waals surface area contributed by atoms with Crippen LogP contribution in [0.1, 0.15) is 16.8 Å². The normalized spacial score (nSPS) is 19.6. The summed E-state index contributed by atoms with van der Waals surface area (Å²) in [5.74, 6) is -0.518. The first-order chi connectivity index (χ1) is 7.66. The highest BCUT2D eigenvalue weighted by Crippen LogP contribution is 2.22. The highest BCUT2D eigenvalue weighted by Gasteiger charge is 2.19. The predicted octanol–water partition coefficient (Wildman–Crippen LogP) is 0.189. The van der Waals surface area contributed by atoms with Crippen molar-refractivity contribution in [2.75, 3.05) is 13.1 Å². The van der Waals surface area contributed by atoms with Gasteiger partial charge in [0.05, 0.1) is 5.56 Å². The number of amides is 1. The van der Waals surface area contributed by atoms with Crippen molar-refractivity contribution in [1.29, 1.82) is 0 Å². The predicted molar refractivity (Wildman–Crippen MR) is 58.5 cm³/mol. The maximum Gasteiger partial charge on any atom is 0.255 e. The minimum absolute atomic E-state index is 0.0347. The fraction of sp³-hybridized carbons (Fsp3) is 0.364. The Morgan fingerprint density at radius 2 is 2.25 bits per heavy atom. The number of carbonyl (C=O) groups is 1. The number of benzene rings is 1. The number of phenolic OH excluding ortho intramolecular Hbond substituents is 2. The Kier molecular flexibility index (Phi) is 2.96. The van der Waals surface area contributed by atoms with E-state index in [0.29, 0.717) is 0 Å². The van der Waals surface area contributed by atoms with E-state index in [1.54, 1.807) is 0 Å². The van der Waals surface area contributed by atoms with Gasteiger partial charge in [-0.2, -0.15) is 0 Å². The summed E-state index contributed by atoms with van der Waals surface area (Å²) in [6.45, 7) is 1.63. The number of nitrogens with one attached hydrogen (secondary N) is 2. The third-order valence-corrected chi connectivity index (χ3v) is 2.62. The maximum atomic E-state index is 11.8. The minimum Gasteiger partial charge on any atom is -0.508 e. The van der Waals surface area contributed by atoms with Gasteiger partial charge < -0.3 is 20.8 Å². The van der Waals surface area contributed by atoms with E-state index in [4.69, 9.17) is 0 Å². The summed E-state index contributed by atoms with van der Waals surface area (Å²) in [4.78, 5) is 11.8. The molecule has 1 atom stereocenters. The van der Waals surface area contributed by atoms with Crippen LogP contribution in [-0.4, -0.2) is 35.3 Å². The van der Waals surface area contributed by atoms with Gasteiger partial charge in [-0.3, -0.25) is 4.79 Å². The van der Waals surface area contributed by atoms with Crippen LogP contribution in [0.5, 0.6) is 11.5 Å². The van der Waals surface area contributed by atoms with Gasteiger partial charge in [0, 0.05) is 12.6 Å². The van der Waals surface area contributed by atoms with E-state index in [0.717, 1.165) is 19.5 Å². The van der Waals surface area contributed by atoms with E-state index in [2.05, 4.69) is 10.6 Å². The molecule has 5 heteroatoms. The highest BCUT2D eigenvalue weighted by molar-refractivity contribution is 5.97. The summed E-state index contributed by atoms with van der Waals surface area (Å²) < 4.78 is 0. The zero-order chi connectivity index (χ0) is 11.5. The van der Waals surface area contributed by atoms with Crippen LogP contribution in [0.25, 0.3) is 0 Å². The molecule has 5 nitrogen and oxygen atoms in total. The molecule has 1 aliphatic rings. The third-order valence-electron chi connectivity index (χ3n) is 2.62. The Morgan fingerprint density at radius 3 is 2.94 bits per heavy atom. The van der Waals surface area contributed by atoms with Crippen molar-refractivity contribution in [2.24, 2.45) is 0 Å². The molecule has 1 aliphatic heterocycles. The fourth-order valence-corrected chi connectivity index (χ4v) is 1.75. The molecular formula is C11H14N2O3. The number of aromatic hydroxyl groups is 2. The molecule has 0 aromatic heterocycles. The van der Waals surface area contributed by atoms with Crippen molar-refractivity contribution in [3.05, 3.63) is 23.8 Å². The SMILES string of the molecule is O=C(NC1CCNC1)c1cc(O)ccc1O. The van der Waals surface area contributed by atoms with Crippen molar-refractivity contribution in [1.82, 2.24) is 10.6 Å². The van der Waals surface area contributed by atoms with Gasteiger partial charge in [0.25, 0.3) is 5.91 Å². The zero-order valence-corrected chi connectivity index (χ0v) is 8.73. The first-order valence-corrected chi connectivity index (χ1v) is 5.20. The lowest BCUT2D eigenvalue weighted by molar-refractivity contribution is 0.0937. The van der Waals surface area contributed by atoms with Crippen molar-refractivity contribution < 1.29 is 15.0 Å². The second-order valence-corrected chi connectivity index (χ2v) is 3.86. The van der Waals surface area contributed by atoms with E-state index in [9.17, 15) is 15.0 Å². The Bertz CT molecular complexity index is 400. The molecule has 4 N–H and O–H groups in total. The highest BCUT2D eigenvalue weighted by atomic mass is 16.3. The molecule has 0 bridgehead atoms. The Labute approximate surface area is 93.1 Å².